The summed E-state index contributed by atoms with van der Waals surface area (Å²) in [5, 5.41) is 12.5. The number of hydrogen-bond acceptors (Lipinski definition) is 4. The Morgan fingerprint density at radius 3 is 2.16 bits per heavy atom. The number of azo groups is 1. The largest absolute Gasteiger partial charge is 0.422 e. The fourth-order valence-corrected chi connectivity index (χ4v) is 2.06. The van der Waals surface area contributed by atoms with Crippen LogP contribution in [0.25, 0.3) is 0 Å². The van der Waals surface area contributed by atoms with Gasteiger partial charge in [0.2, 0.25) is 0 Å². The highest BCUT2D eigenvalue weighted by atomic mass is 16.5. The van der Waals surface area contributed by atoms with E-state index in [1.807, 2.05) is 91.9 Å². The summed E-state index contributed by atoms with van der Waals surface area (Å²) in [5.74, 6) is 0.683. The zero-order valence-electron chi connectivity index (χ0n) is 13.8. The number of para-hydroxylation sites is 2. The van der Waals surface area contributed by atoms with Crippen molar-refractivity contribution in [1.29, 1.82) is 0 Å². The summed E-state index contributed by atoms with van der Waals surface area (Å²) in [7, 11) is 0. The molecule has 0 atom stereocenters. The fraction of sp³-hybridized carbons (Fsp3) is 0.0500. The van der Waals surface area contributed by atoms with E-state index in [0.29, 0.717) is 5.75 Å². The lowest BCUT2D eigenvalue weighted by molar-refractivity contribution is 0.533. The van der Waals surface area contributed by atoms with Crippen molar-refractivity contribution in [3.05, 3.63) is 90.5 Å². The van der Waals surface area contributed by atoms with Crippen LogP contribution in [0.5, 0.6) is 5.75 Å². The minimum absolute atomic E-state index is 0.127. The van der Waals surface area contributed by atoms with E-state index in [2.05, 4.69) is 20.8 Å². The molecular weight excluding hydrogens is 312 g/mol. The summed E-state index contributed by atoms with van der Waals surface area (Å²) < 4.78 is 5.82. The van der Waals surface area contributed by atoms with Crippen molar-refractivity contribution < 1.29 is 4.74 Å². The van der Waals surface area contributed by atoms with Crippen LogP contribution in [0, 0.1) is 6.92 Å². The zero-order valence-corrected chi connectivity index (χ0v) is 13.8. The lowest BCUT2D eigenvalue weighted by Crippen LogP contribution is -2.08. The standard InChI is InChI=1S/C20H18N4O/c1-16-10-8-9-15-19(16)25-20(23-21-17-11-4-2-5-12-17)24-22-18-13-6-3-7-14-18/h2-15,21H,1H3. The summed E-state index contributed by atoms with van der Waals surface area (Å²) >= 11 is 0. The van der Waals surface area contributed by atoms with Gasteiger partial charge in [0.25, 0.3) is 0 Å². The molecule has 0 aliphatic heterocycles. The Balaban J connectivity index is 1.82. The zero-order chi connectivity index (χ0) is 17.3. The van der Waals surface area contributed by atoms with Crippen molar-refractivity contribution in [2.45, 2.75) is 6.92 Å². The van der Waals surface area contributed by atoms with Crippen LogP contribution in [-0.2, 0) is 0 Å². The molecule has 0 bridgehead atoms. The van der Waals surface area contributed by atoms with Gasteiger partial charge in [0.15, 0.2) is 0 Å². The number of nitrogens with zero attached hydrogens (tertiary/aromatic N) is 3. The minimum atomic E-state index is 0.127. The number of ether oxygens (including phenoxy) is 1. The van der Waals surface area contributed by atoms with Crippen LogP contribution < -0.4 is 10.2 Å². The van der Waals surface area contributed by atoms with Crippen molar-refractivity contribution in [3.8, 4) is 5.75 Å². The highest BCUT2D eigenvalue weighted by Gasteiger charge is 2.05. The average Bonchev–Trinajstić information content (AvgIpc) is 2.67. The van der Waals surface area contributed by atoms with Gasteiger partial charge in [-0.2, -0.15) is 0 Å². The summed E-state index contributed by atoms with van der Waals surface area (Å²) in [4.78, 5) is 0. The second-order valence-electron chi connectivity index (χ2n) is 5.28. The second-order valence-corrected chi connectivity index (χ2v) is 5.28. The number of hydrogen-bond donors (Lipinski definition) is 1. The molecule has 0 unspecified atom stereocenters. The molecule has 0 saturated carbocycles. The van der Waals surface area contributed by atoms with Crippen LogP contribution in [0.4, 0.5) is 11.4 Å². The van der Waals surface area contributed by atoms with E-state index in [4.69, 9.17) is 4.74 Å². The highest BCUT2D eigenvalue weighted by Crippen LogP contribution is 2.18. The van der Waals surface area contributed by atoms with Gasteiger partial charge in [-0.25, -0.2) is 0 Å². The molecule has 0 saturated heterocycles. The van der Waals surface area contributed by atoms with Crippen LogP contribution in [0.1, 0.15) is 5.56 Å². The molecule has 0 aliphatic carbocycles. The third-order valence-electron chi connectivity index (χ3n) is 3.36. The molecule has 3 rings (SSSR count). The van der Waals surface area contributed by atoms with E-state index in [-0.39, 0.29) is 6.02 Å². The average molecular weight is 330 g/mol. The normalized spacial score (nSPS) is 11.5. The topological polar surface area (TPSA) is 58.3 Å². The quantitative estimate of drug-likeness (QED) is 0.295. The van der Waals surface area contributed by atoms with Gasteiger partial charge in [-0.1, -0.05) is 59.7 Å². The Kier molecular flexibility index (Phi) is 5.51. The number of rotatable bonds is 4. The Hall–Kier alpha value is -3.47. The molecule has 0 radical (unpaired) electrons. The first-order chi connectivity index (χ1) is 12.3. The smallest absolute Gasteiger partial charge is 0.358 e. The predicted molar refractivity (Wildman–Crippen MR) is 100 cm³/mol. The van der Waals surface area contributed by atoms with Crippen LogP contribution in [0.15, 0.2) is 100 Å². The monoisotopic (exact) mass is 330 g/mol. The number of aryl methyl sites for hydroxylation is 1. The summed E-state index contributed by atoms with van der Waals surface area (Å²) in [5.41, 5.74) is 5.48. The van der Waals surface area contributed by atoms with Crippen LogP contribution in [0.3, 0.4) is 0 Å². The molecule has 0 aliphatic rings. The van der Waals surface area contributed by atoms with E-state index in [0.717, 1.165) is 16.9 Å². The molecule has 3 aromatic carbocycles. The summed E-state index contributed by atoms with van der Waals surface area (Å²) in [6.45, 7) is 1.96. The first-order valence-electron chi connectivity index (χ1n) is 7.90. The highest BCUT2D eigenvalue weighted by molar-refractivity contribution is 5.78. The molecule has 25 heavy (non-hydrogen) atoms. The molecule has 0 amide bonds. The molecule has 3 aromatic rings. The molecule has 0 spiro atoms. The van der Waals surface area contributed by atoms with E-state index < -0.39 is 0 Å². The molecule has 0 fully saturated rings. The van der Waals surface area contributed by atoms with E-state index >= 15 is 0 Å². The lowest BCUT2D eigenvalue weighted by Gasteiger charge is -2.07. The van der Waals surface area contributed by atoms with Crippen LogP contribution in [0.2, 0.25) is 0 Å². The van der Waals surface area contributed by atoms with Crippen molar-refractivity contribution in [3.63, 3.8) is 0 Å². The van der Waals surface area contributed by atoms with Crippen molar-refractivity contribution >= 4 is 17.4 Å². The third-order valence-corrected chi connectivity index (χ3v) is 3.36. The van der Waals surface area contributed by atoms with Gasteiger partial charge in [-0.15, -0.1) is 10.2 Å². The lowest BCUT2D eigenvalue weighted by atomic mass is 10.2. The second kappa shape index (κ2) is 8.40. The Bertz CT molecular complexity index is 861. The maximum atomic E-state index is 5.82. The Labute approximate surface area is 146 Å². The van der Waals surface area contributed by atoms with Gasteiger partial charge < -0.3 is 4.74 Å². The molecule has 124 valence electrons. The molecule has 0 heterocycles. The van der Waals surface area contributed by atoms with Gasteiger partial charge in [-0.05, 0) is 42.8 Å². The van der Waals surface area contributed by atoms with Crippen molar-refractivity contribution in [2.24, 2.45) is 15.3 Å². The number of benzene rings is 3. The third kappa shape index (κ3) is 5.00. The van der Waals surface area contributed by atoms with Crippen molar-refractivity contribution in [1.82, 2.24) is 0 Å². The first kappa shape index (κ1) is 16.4. The first-order valence-corrected chi connectivity index (χ1v) is 7.90. The number of anilines is 1. The Morgan fingerprint density at radius 1 is 0.800 bits per heavy atom. The van der Waals surface area contributed by atoms with Crippen molar-refractivity contribution in [2.75, 3.05) is 5.43 Å². The Morgan fingerprint density at radius 2 is 1.44 bits per heavy atom. The number of amidine groups is 1. The van der Waals surface area contributed by atoms with Gasteiger partial charge in [-0.3, -0.25) is 5.43 Å². The maximum absolute atomic E-state index is 5.82. The molecule has 5 heteroatoms. The molecule has 0 aromatic heterocycles. The van der Waals surface area contributed by atoms with E-state index in [9.17, 15) is 0 Å². The predicted octanol–water partition coefficient (Wildman–Crippen LogP) is 5.54. The van der Waals surface area contributed by atoms with E-state index in [1.165, 1.54) is 0 Å². The van der Waals surface area contributed by atoms with Crippen LogP contribution >= 0.6 is 0 Å². The van der Waals surface area contributed by atoms with Gasteiger partial charge in [0.1, 0.15) is 5.75 Å². The molecule has 1 N–H and O–H groups in total. The molecular formula is C20H18N4O. The van der Waals surface area contributed by atoms with E-state index in [1.54, 1.807) is 0 Å². The minimum Gasteiger partial charge on any atom is -0.422 e. The number of nitrogens with one attached hydrogen (secondary N) is 1. The maximum Gasteiger partial charge on any atom is 0.358 e. The summed E-state index contributed by atoms with van der Waals surface area (Å²) in [6.07, 6.45) is 0. The van der Waals surface area contributed by atoms with Gasteiger partial charge in [0, 0.05) is 0 Å². The SMILES string of the molecule is Cc1ccccc1OC(N=Nc1ccccc1)=NNc1ccccc1. The van der Waals surface area contributed by atoms with Gasteiger partial charge >= 0.3 is 6.02 Å². The van der Waals surface area contributed by atoms with Crippen LogP contribution in [-0.4, -0.2) is 6.02 Å². The van der Waals surface area contributed by atoms with Gasteiger partial charge in [0.05, 0.1) is 11.4 Å². The summed E-state index contributed by atoms with van der Waals surface area (Å²) in [6, 6.07) is 26.8. The molecule has 5 nitrogen and oxygen atoms in total. The number of hydrazone groups is 1. The fourth-order valence-electron chi connectivity index (χ4n) is 2.06.